The molecule has 0 aromatic carbocycles. The second-order valence-electron chi connectivity index (χ2n) is 5.98. The molecule has 17 heavy (non-hydrogen) atoms. The van der Waals surface area contributed by atoms with Gasteiger partial charge in [0.25, 0.3) is 0 Å². The maximum absolute atomic E-state index is 6.10. The van der Waals surface area contributed by atoms with Crippen LogP contribution in [0.4, 0.5) is 0 Å². The SMILES string of the molecule is CC1(C)CC(C(NN)c2ccoc2)C(C)(C)O1. The topological polar surface area (TPSA) is 60.4 Å². The molecular weight excluding hydrogens is 216 g/mol. The molecule has 4 nitrogen and oxygen atoms in total. The van der Waals surface area contributed by atoms with Gasteiger partial charge in [-0.3, -0.25) is 11.3 Å². The number of nitrogens with one attached hydrogen (secondary N) is 1. The molecule has 1 saturated heterocycles. The van der Waals surface area contributed by atoms with E-state index in [0.29, 0.717) is 5.92 Å². The van der Waals surface area contributed by atoms with Gasteiger partial charge >= 0.3 is 0 Å². The first-order valence-electron chi connectivity index (χ1n) is 6.04. The Hall–Kier alpha value is -0.840. The number of hydrogen-bond donors (Lipinski definition) is 2. The van der Waals surface area contributed by atoms with Gasteiger partial charge in [0.15, 0.2) is 0 Å². The van der Waals surface area contributed by atoms with Gasteiger partial charge in [-0.05, 0) is 40.2 Å². The van der Waals surface area contributed by atoms with Crippen molar-refractivity contribution in [2.45, 2.75) is 51.4 Å². The van der Waals surface area contributed by atoms with E-state index in [-0.39, 0.29) is 17.2 Å². The fraction of sp³-hybridized carbons (Fsp3) is 0.692. The van der Waals surface area contributed by atoms with Crippen LogP contribution in [0.3, 0.4) is 0 Å². The number of nitrogens with two attached hydrogens (primary N) is 1. The zero-order valence-electron chi connectivity index (χ0n) is 11.0. The van der Waals surface area contributed by atoms with Gasteiger partial charge in [0, 0.05) is 11.5 Å². The molecule has 1 aromatic rings. The van der Waals surface area contributed by atoms with Crippen molar-refractivity contribution in [3.05, 3.63) is 24.2 Å². The van der Waals surface area contributed by atoms with Crippen molar-refractivity contribution in [1.82, 2.24) is 5.43 Å². The van der Waals surface area contributed by atoms with Crippen LogP contribution in [0, 0.1) is 5.92 Å². The van der Waals surface area contributed by atoms with E-state index in [1.54, 1.807) is 12.5 Å². The molecule has 96 valence electrons. The predicted molar refractivity (Wildman–Crippen MR) is 66.1 cm³/mol. The average molecular weight is 238 g/mol. The highest BCUT2D eigenvalue weighted by Gasteiger charge is 2.49. The molecule has 2 rings (SSSR count). The van der Waals surface area contributed by atoms with E-state index in [1.807, 2.05) is 6.07 Å². The van der Waals surface area contributed by atoms with E-state index in [9.17, 15) is 0 Å². The van der Waals surface area contributed by atoms with Crippen molar-refractivity contribution in [2.24, 2.45) is 11.8 Å². The van der Waals surface area contributed by atoms with Gasteiger partial charge in [0.05, 0.1) is 29.8 Å². The molecule has 1 aromatic heterocycles. The fourth-order valence-corrected chi connectivity index (χ4v) is 3.02. The van der Waals surface area contributed by atoms with Crippen LogP contribution in [0.15, 0.2) is 23.0 Å². The molecule has 0 spiro atoms. The summed E-state index contributed by atoms with van der Waals surface area (Å²) in [5, 5.41) is 0. The minimum absolute atomic E-state index is 0.0607. The Morgan fingerprint density at radius 1 is 1.41 bits per heavy atom. The first kappa shape index (κ1) is 12.6. The first-order valence-corrected chi connectivity index (χ1v) is 6.04. The van der Waals surface area contributed by atoms with Gasteiger partial charge < -0.3 is 9.15 Å². The lowest BCUT2D eigenvalue weighted by Crippen LogP contribution is -2.41. The third kappa shape index (κ3) is 2.39. The van der Waals surface area contributed by atoms with Crippen LogP contribution in [-0.2, 0) is 4.74 Å². The molecule has 1 aliphatic heterocycles. The Morgan fingerprint density at radius 2 is 2.12 bits per heavy atom. The third-order valence-electron chi connectivity index (χ3n) is 3.63. The highest BCUT2D eigenvalue weighted by Crippen LogP contribution is 2.47. The smallest absolute Gasteiger partial charge is 0.0951 e. The van der Waals surface area contributed by atoms with Crippen molar-refractivity contribution >= 4 is 0 Å². The molecule has 3 N–H and O–H groups in total. The summed E-state index contributed by atoms with van der Waals surface area (Å²) in [6, 6.07) is 2.01. The molecule has 1 aliphatic rings. The molecule has 0 amide bonds. The minimum Gasteiger partial charge on any atom is -0.472 e. The Morgan fingerprint density at radius 3 is 2.53 bits per heavy atom. The van der Waals surface area contributed by atoms with Gasteiger partial charge in [-0.1, -0.05) is 0 Å². The summed E-state index contributed by atoms with van der Waals surface area (Å²) in [6.45, 7) is 8.49. The second-order valence-corrected chi connectivity index (χ2v) is 5.98. The summed E-state index contributed by atoms with van der Waals surface area (Å²) in [6.07, 6.45) is 4.39. The highest BCUT2D eigenvalue weighted by atomic mass is 16.5. The quantitative estimate of drug-likeness (QED) is 0.627. The molecule has 2 heterocycles. The molecule has 4 heteroatoms. The summed E-state index contributed by atoms with van der Waals surface area (Å²) in [5.74, 6) is 6.03. The van der Waals surface area contributed by atoms with Crippen molar-refractivity contribution in [2.75, 3.05) is 0 Å². The fourth-order valence-electron chi connectivity index (χ4n) is 3.02. The van der Waals surface area contributed by atoms with Gasteiger partial charge in [-0.25, -0.2) is 0 Å². The van der Waals surface area contributed by atoms with E-state index in [4.69, 9.17) is 15.0 Å². The van der Waals surface area contributed by atoms with Crippen molar-refractivity contribution < 1.29 is 9.15 Å². The monoisotopic (exact) mass is 238 g/mol. The van der Waals surface area contributed by atoms with Crippen molar-refractivity contribution in [1.29, 1.82) is 0 Å². The van der Waals surface area contributed by atoms with E-state index >= 15 is 0 Å². The molecule has 0 aliphatic carbocycles. The molecule has 0 saturated carbocycles. The van der Waals surface area contributed by atoms with E-state index in [1.165, 1.54) is 0 Å². The van der Waals surface area contributed by atoms with Crippen LogP contribution in [0.25, 0.3) is 0 Å². The summed E-state index contributed by atoms with van der Waals surface area (Å²) in [7, 11) is 0. The largest absolute Gasteiger partial charge is 0.472 e. The average Bonchev–Trinajstić information content (AvgIpc) is 2.74. The molecular formula is C13H22N2O2. The lowest BCUT2D eigenvalue weighted by molar-refractivity contribution is -0.0779. The Labute approximate surface area is 102 Å². The third-order valence-corrected chi connectivity index (χ3v) is 3.63. The molecule has 2 unspecified atom stereocenters. The minimum atomic E-state index is -0.197. The number of ether oxygens (including phenoxy) is 1. The van der Waals surface area contributed by atoms with Crippen molar-refractivity contribution in [3.8, 4) is 0 Å². The van der Waals surface area contributed by atoms with Crippen LogP contribution < -0.4 is 11.3 Å². The number of furan rings is 1. The Bertz CT molecular complexity index is 371. The lowest BCUT2D eigenvalue weighted by atomic mass is 9.80. The number of hydrazine groups is 1. The standard InChI is InChI=1S/C13H22N2O2/c1-12(2)7-10(13(3,4)17-12)11(15-14)9-5-6-16-8-9/h5-6,8,10-11,15H,7,14H2,1-4H3. The van der Waals surface area contributed by atoms with Gasteiger partial charge in [-0.15, -0.1) is 0 Å². The van der Waals surface area contributed by atoms with E-state index < -0.39 is 0 Å². The van der Waals surface area contributed by atoms with Crippen LogP contribution >= 0.6 is 0 Å². The molecule has 2 atom stereocenters. The Balaban J connectivity index is 2.26. The summed E-state index contributed by atoms with van der Waals surface area (Å²) in [4.78, 5) is 0. The normalized spacial score (nSPS) is 28.2. The zero-order valence-corrected chi connectivity index (χ0v) is 11.0. The summed E-state index contributed by atoms with van der Waals surface area (Å²) in [5.41, 5.74) is 3.67. The lowest BCUT2D eigenvalue weighted by Gasteiger charge is -2.32. The molecule has 0 bridgehead atoms. The zero-order chi connectivity index (χ0) is 12.7. The first-order chi connectivity index (χ1) is 7.86. The van der Waals surface area contributed by atoms with E-state index in [2.05, 4.69) is 33.1 Å². The summed E-state index contributed by atoms with van der Waals surface area (Å²) < 4.78 is 11.2. The van der Waals surface area contributed by atoms with Crippen LogP contribution in [0.1, 0.15) is 45.7 Å². The maximum Gasteiger partial charge on any atom is 0.0951 e. The van der Waals surface area contributed by atoms with Gasteiger partial charge in [0.1, 0.15) is 0 Å². The van der Waals surface area contributed by atoms with Gasteiger partial charge in [-0.2, -0.15) is 0 Å². The molecule has 0 radical (unpaired) electrons. The van der Waals surface area contributed by atoms with Gasteiger partial charge in [0.2, 0.25) is 0 Å². The highest BCUT2D eigenvalue weighted by molar-refractivity contribution is 5.16. The van der Waals surface area contributed by atoms with Crippen LogP contribution in [-0.4, -0.2) is 11.2 Å². The van der Waals surface area contributed by atoms with Crippen molar-refractivity contribution in [3.63, 3.8) is 0 Å². The number of hydrogen-bond acceptors (Lipinski definition) is 4. The summed E-state index contributed by atoms with van der Waals surface area (Å²) >= 11 is 0. The number of rotatable bonds is 3. The van der Waals surface area contributed by atoms with Crippen LogP contribution in [0.5, 0.6) is 0 Å². The maximum atomic E-state index is 6.10. The Kier molecular flexibility index (Phi) is 3.06. The molecule has 1 fully saturated rings. The second kappa shape index (κ2) is 4.12. The van der Waals surface area contributed by atoms with E-state index in [0.717, 1.165) is 12.0 Å². The predicted octanol–water partition coefficient (Wildman–Crippen LogP) is 2.38. The van der Waals surface area contributed by atoms with Crippen LogP contribution in [0.2, 0.25) is 0 Å².